The Labute approximate surface area is 96.8 Å². The molecule has 0 aliphatic heterocycles. The molecule has 0 radical (unpaired) electrons. The van der Waals surface area contributed by atoms with Crippen LogP contribution in [0.15, 0.2) is 0 Å². The van der Waals surface area contributed by atoms with E-state index in [1.807, 2.05) is 6.92 Å². The van der Waals surface area contributed by atoms with Crippen molar-refractivity contribution in [3.05, 3.63) is 0 Å². The minimum Gasteiger partial charge on any atom is -0.438 e. The Morgan fingerprint density at radius 2 is 1.38 bits per heavy atom. The summed E-state index contributed by atoms with van der Waals surface area (Å²) >= 11 is 0. The lowest BCUT2D eigenvalue weighted by atomic mass is 10.7. The van der Waals surface area contributed by atoms with Crippen molar-refractivity contribution in [3.8, 4) is 0 Å². The highest BCUT2D eigenvalue weighted by Crippen LogP contribution is 1.78. The van der Waals surface area contributed by atoms with E-state index >= 15 is 0 Å². The van der Waals surface area contributed by atoms with Crippen molar-refractivity contribution >= 4 is 6.16 Å². The van der Waals surface area contributed by atoms with Crippen LogP contribution in [-0.4, -0.2) is 60.5 Å². The highest BCUT2D eigenvalue weighted by molar-refractivity contribution is 5.59. The van der Waals surface area contributed by atoms with Crippen LogP contribution in [0, 0.1) is 0 Å². The summed E-state index contributed by atoms with van der Waals surface area (Å²) < 4.78 is 23.0. The Bertz CT molecular complexity index is 125. The summed E-state index contributed by atoms with van der Waals surface area (Å²) in [5.41, 5.74) is 0. The molecule has 0 bridgehead atoms. The maximum absolute atomic E-state index is 9.74. The van der Waals surface area contributed by atoms with Gasteiger partial charge in [-0.2, -0.15) is 0 Å². The second-order valence-corrected chi connectivity index (χ2v) is 2.46. The molecule has 0 aromatic carbocycles. The summed E-state index contributed by atoms with van der Waals surface area (Å²) in [5, 5.41) is 0. The molecular weight excluding hydrogens is 216 g/mol. The highest BCUT2D eigenvalue weighted by atomic mass is 16.7. The number of hydrogen-bond acceptors (Lipinski definition) is 6. The lowest BCUT2D eigenvalue weighted by Gasteiger charge is -2.02. The summed E-state index contributed by atoms with van der Waals surface area (Å²) in [6.07, 6.45) is -0.657. The second kappa shape index (κ2) is 16.6. The third kappa shape index (κ3) is 18.8. The fourth-order valence-electron chi connectivity index (χ4n) is 0.590. The van der Waals surface area contributed by atoms with Crippen molar-refractivity contribution in [1.29, 1.82) is 0 Å². The molecule has 0 amide bonds. The zero-order valence-corrected chi connectivity index (χ0v) is 10.5. The topological polar surface area (TPSA) is 63.2 Å². The number of ether oxygens (including phenoxy) is 5. The molecule has 0 aromatic rings. The fraction of sp³-hybridized carbons (Fsp3) is 0.900. The van der Waals surface area contributed by atoms with Gasteiger partial charge in [0.1, 0.15) is 0 Å². The van der Waals surface area contributed by atoms with E-state index in [1.54, 1.807) is 7.11 Å². The van der Waals surface area contributed by atoms with Crippen LogP contribution in [-0.2, 0) is 23.7 Å². The normalized spacial score (nSPS) is 9.00. The molecule has 0 saturated heterocycles. The molecule has 0 unspecified atom stereocenters. The van der Waals surface area contributed by atoms with Crippen LogP contribution in [0.4, 0.5) is 4.79 Å². The van der Waals surface area contributed by atoms with Gasteiger partial charge in [-0.15, -0.1) is 0 Å². The zero-order chi connectivity index (χ0) is 12.6. The van der Waals surface area contributed by atoms with Crippen LogP contribution < -0.4 is 0 Å². The molecule has 0 aliphatic carbocycles. The van der Waals surface area contributed by atoms with Crippen LogP contribution in [0.5, 0.6) is 0 Å². The number of methoxy groups -OCH3 is 3. The predicted molar refractivity (Wildman–Crippen MR) is 58.6 cm³/mol. The summed E-state index contributed by atoms with van der Waals surface area (Å²) in [6, 6.07) is 0. The molecule has 0 fully saturated rings. The van der Waals surface area contributed by atoms with Crippen molar-refractivity contribution in [3.63, 3.8) is 0 Å². The van der Waals surface area contributed by atoms with E-state index in [-0.39, 0.29) is 0 Å². The van der Waals surface area contributed by atoms with E-state index in [0.29, 0.717) is 26.4 Å². The summed E-state index contributed by atoms with van der Waals surface area (Å²) in [6.45, 7) is 5.38. The van der Waals surface area contributed by atoms with Crippen molar-refractivity contribution in [2.75, 3.05) is 54.4 Å². The first kappa shape index (κ1) is 17.5. The van der Waals surface area contributed by atoms with Gasteiger partial charge in [-0.25, -0.2) is 4.79 Å². The van der Waals surface area contributed by atoms with E-state index in [4.69, 9.17) is 14.2 Å². The van der Waals surface area contributed by atoms with Gasteiger partial charge in [-0.05, 0) is 6.92 Å². The third-order valence-electron chi connectivity index (χ3n) is 1.34. The molecule has 6 heteroatoms. The van der Waals surface area contributed by atoms with E-state index in [0.717, 1.165) is 6.61 Å². The number of carbonyl (C=O) groups is 1. The molecule has 0 heterocycles. The first-order valence-corrected chi connectivity index (χ1v) is 4.99. The first-order valence-electron chi connectivity index (χ1n) is 4.99. The van der Waals surface area contributed by atoms with E-state index < -0.39 is 6.16 Å². The molecule has 0 atom stereocenters. The van der Waals surface area contributed by atoms with Gasteiger partial charge < -0.3 is 23.7 Å². The second-order valence-electron chi connectivity index (χ2n) is 2.46. The van der Waals surface area contributed by atoms with Gasteiger partial charge >= 0.3 is 6.16 Å². The van der Waals surface area contributed by atoms with E-state index in [2.05, 4.69) is 9.47 Å². The van der Waals surface area contributed by atoms with Gasteiger partial charge in [0.05, 0.1) is 40.6 Å². The zero-order valence-electron chi connectivity index (χ0n) is 10.5. The molecule has 98 valence electrons. The average Bonchev–Trinajstić information content (AvgIpc) is 2.33. The predicted octanol–water partition coefficient (Wildman–Crippen LogP) is 1.09. The lowest BCUT2D eigenvalue weighted by molar-refractivity contribution is 0.0280. The Hall–Kier alpha value is -0.850. The van der Waals surface area contributed by atoms with Gasteiger partial charge in [0.25, 0.3) is 0 Å². The number of rotatable bonds is 7. The fourth-order valence-corrected chi connectivity index (χ4v) is 0.590. The number of carbonyl (C=O) groups excluding carboxylic acids is 1. The van der Waals surface area contributed by atoms with E-state index in [9.17, 15) is 4.79 Å². The van der Waals surface area contributed by atoms with Gasteiger partial charge in [0, 0.05) is 13.7 Å². The molecule has 0 aliphatic rings. The Balaban J connectivity index is 0. The van der Waals surface area contributed by atoms with Crippen LogP contribution in [0.25, 0.3) is 0 Å². The van der Waals surface area contributed by atoms with E-state index in [1.165, 1.54) is 14.2 Å². The first-order chi connectivity index (χ1) is 7.72. The van der Waals surface area contributed by atoms with Gasteiger partial charge in [0.15, 0.2) is 0 Å². The smallest absolute Gasteiger partial charge is 0.438 e. The maximum atomic E-state index is 9.74. The molecule has 0 aromatic heterocycles. The third-order valence-corrected chi connectivity index (χ3v) is 1.34. The van der Waals surface area contributed by atoms with Crippen LogP contribution in [0.3, 0.4) is 0 Å². The average molecular weight is 238 g/mol. The SMILES string of the molecule is CCOCCOCCOC.COC(=O)OC. The monoisotopic (exact) mass is 238 g/mol. The molecule has 0 saturated carbocycles. The van der Waals surface area contributed by atoms with Crippen LogP contribution in [0.1, 0.15) is 6.92 Å². The summed E-state index contributed by atoms with van der Waals surface area (Å²) in [7, 11) is 4.17. The largest absolute Gasteiger partial charge is 0.507 e. The maximum Gasteiger partial charge on any atom is 0.507 e. The van der Waals surface area contributed by atoms with Gasteiger partial charge in [-0.1, -0.05) is 0 Å². The van der Waals surface area contributed by atoms with Crippen molar-refractivity contribution in [2.24, 2.45) is 0 Å². The molecule has 6 nitrogen and oxygen atoms in total. The quantitative estimate of drug-likeness (QED) is 0.488. The minimum absolute atomic E-state index is 0.656. The van der Waals surface area contributed by atoms with Crippen molar-refractivity contribution in [2.45, 2.75) is 6.92 Å². The van der Waals surface area contributed by atoms with Crippen LogP contribution >= 0.6 is 0 Å². The van der Waals surface area contributed by atoms with Gasteiger partial charge in [0.2, 0.25) is 0 Å². The summed E-state index contributed by atoms with van der Waals surface area (Å²) in [4.78, 5) is 9.74. The van der Waals surface area contributed by atoms with Crippen LogP contribution in [0.2, 0.25) is 0 Å². The Kier molecular flexibility index (Phi) is 18.2. The minimum atomic E-state index is -0.657. The van der Waals surface area contributed by atoms with Gasteiger partial charge in [-0.3, -0.25) is 0 Å². The molecule has 0 N–H and O–H groups in total. The highest BCUT2D eigenvalue weighted by Gasteiger charge is 1.89. The van der Waals surface area contributed by atoms with Crippen molar-refractivity contribution in [1.82, 2.24) is 0 Å². The Morgan fingerprint density at radius 1 is 0.875 bits per heavy atom. The lowest BCUT2D eigenvalue weighted by Crippen LogP contribution is -2.07. The molecule has 0 spiro atoms. The standard InChI is InChI=1S/C7H16O3.C3H6O3/c1-3-9-6-7-10-5-4-8-2;1-5-3(4)6-2/h3-7H2,1-2H3;1-2H3. The van der Waals surface area contributed by atoms with Crippen molar-refractivity contribution < 1.29 is 28.5 Å². The molecular formula is C10H22O6. The molecule has 0 rings (SSSR count). The number of hydrogen-bond donors (Lipinski definition) is 0. The Morgan fingerprint density at radius 3 is 1.75 bits per heavy atom. The summed E-state index contributed by atoms with van der Waals surface area (Å²) in [5.74, 6) is 0. The molecule has 16 heavy (non-hydrogen) atoms.